The predicted octanol–water partition coefficient (Wildman–Crippen LogP) is 4.11. The second kappa shape index (κ2) is 9.07. The Kier molecular flexibility index (Phi) is 6.30. The van der Waals surface area contributed by atoms with Crippen molar-refractivity contribution in [1.29, 1.82) is 0 Å². The van der Waals surface area contributed by atoms with Crippen LogP contribution in [0.25, 0.3) is 0 Å². The van der Waals surface area contributed by atoms with Crippen molar-refractivity contribution >= 4 is 23.7 Å². The van der Waals surface area contributed by atoms with E-state index in [9.17, 15) is 14.0 Å². The van der Waals surface area contributed by atoms with Gasteiger partial charge in [0.2, 0.25) is 5.91 Å². The summed E-state index contributed by atoms with van der Waals surface area (Å²) in [6, 6.07) is 12.5. The maximum atomic E-state index is 12.8. The molecule has 140 valence electrons. The largest absolute Gasteiger partial charge is 0.326 e. The van der Waals surface area contributed by atoms with Crippen molar-refractivity contribution in [2.24, 2.45) is 11.0 Å². The van der Waals surface area contributed by atoms with E-state index < -0.39 is 0 Å². The van der Waals surface area contributed by atoms with E-state index in [1.807, 2.05) is 0 Å². The quantitative estimate of drug-likeness (QED) is 0.617. The number of amides is 2. The molecule has 0 bridgehead atoms. The number of anilines is 1. The first-order valence-corrected chi connectivity index (χ1v) is 9.12. The summed E-state index contributed by atoms with van der Waals surface area (Å²) in [5.41, 5.74) is 4.21. The lowest BCUT2D eigenvalue weighted by Gasteiger charge is -2.20. The molecule has 0 heterocycles. The molecule has 2 amide bonds. The summed E-state index contributed by atoms with van der Waals surface area (Å²) in [7, 11) is 0. The Balaban J connectivity index is 1.52. The molecular formula is C21H22FN3O2. The van der Waals surface area contributed by atoms with Gasteiger partial charge in [-0.15, -0.1) is 0 Å². The van der Waals surface area contributed by atoms with Crippen LogP contribution in [0.5, 0.6) is 0 Å². The van der Waals surface area contributed by atoms with Crippen molar-refractivity contribution in [3.63, 3.8) is 0 Å². The highest BCUT2D eigenvalue weighted by Crippen LogP contribution is 2.25. The van der Waals surface area contributed by atoms with Gasteiger partial charge in [-0.25, -0.2) is 9.82 Å². The molecule has 0 saturated heterocycles. The first kappa shape index (κ1) is 18.8. The highest BCUT2D eigenvalue weighted by molar-refractivity contribution is 5.96. The SMILES string of the molecule is O=C(N/N=C/c1ccc(F)cc1)c1ccc(NC(=O)C2CCCCC2)cc1. The van der Waals surface area contributed by atoms with Crippen LogP contribution < -0.4 is 10.7 Å². The number of nitrogens with zero attached hydrogens (tertiary/aromatic N) is 1. The summed E-state index contributed by atoms with van der Waals surface area (Å²) < 4.78 is 12.8. The summed E-state index contributed by atoms with van der Waals surface area (Å²) in [6.45, 7) is 0. The number of rotatable bonds is 5. The molecule has 5 nitrogen and oxygen atoms in total. The Morgan fingerprint density at radius 2 is 1.63 bits per heavy atom. The van der Waals surface area contributed by atoms with Crippen LogP contribution in [0.15, 0.2) is 53.6 Å². The van der Waals surface area contributed by atoms with Crippen LogP contribution in [0, 0.1) is 11.7 Å². The molecule has 1 saturated carbocycles. The molecule has 6 heteroatoms. The van der Waals surface area contributed by atoms with Crippen LogP contribution in [0.3, 0.4) is 0 Å². The Morgan fingerprint density at radius 1 is 0.963 bits per heavy atom. The molecule has 27 heavy (non-hydrogen) atoms. The van der Waals surface area contributed by atoms with E-state index in [1.165, 1.54) is 24.8 Å². The number of benzene rings is 2. The molecule has 2 aromatic carbocycles. The summed E-state index contributed by atoms with van der Waals surface area (Å²) in [6.07, 6.45) is 6.75. The number of hydrogen-bond acceptors (Lipinski definition) is 3. The zero-order valence-corrected chi connectivity index (χ0v) is 15.0. The van der Waals surface area contributed by atoms with Gasteiger partial charge in [0.15, 0.2) is 0 Å². The maximum absolute atomic E-state index is 12.8. The number of carbonyl (C=O) groups is 2. The van der Waals surface area contributed by atoms with Gasteiger partial charge < -0.3 is 5.32 Å². The molecule has 1 aliphatic carbocycles. The van der Waals surface area contributed by atoms with Crippen LogP contribution in [-0.4, -0.2) is 18.0 Å². The fraction of sp³-hybridized carbons (Fsp3) is 0.286. The fourth-order valence-electron chi connectivity index (χ4n) is 3.09. The number of nitrogens with one attached hydrogen (secondary N) is 2. The van der Waals surface area contributed by atoms with E-state index >= 15 is 0 Å². The Labute approximate surface area is 157 Å². The standard InChI is InChI=1S/C21H22FN3O2/c22-18-10-6-15(7-11-18)14-23-25-21(27)17-8-12-19(13-9-17)24-20(26)16-4-2-1-3-5-16/h6-14,16H,1-5H2,(H,24,26)(H,25,27)/b23-14+. The topological polar surface area (TPSA) is 70.6 Å². The molecule has 1 fully saturated rings. The van der Waals surface area contributed by atoms with Gasteiger partial charge in [-0.3, -0.25) is 9.59 Å². The number of halogens is 1. The molecule has 0 spiro atoms. The second-order valence-corrected chi connectivity index (χ2v) is 6.65. The van der Waals surface area contributed by atoms with Crippen molar-refractivity contribution in [3.05, 3.63) is 65.5 Å². The van der Waals surface area contributed by atoms with Crippen molar-refractivity contribution in [2.45, 2.75) is 32.1 Å². The van der Waals surface area contributed by atoms with Crippen LogP contribution in [-0.2, 0) is 4.79 Å². The first-order chi connectivity index (χ1) is 13.1. The minimum Gasteiger partial charge on any atom is -0.326 e. The van der Waals surface area contributed by atoms with Crippen molar-refractivity contribution < 1.29 is 14.0 Å². The van der Waals surface area contributed by atoms with Gasteiger partial charge in [0.05, 0.1) is 6.21 Å². The molecule has 0 radical (unpaired) electrons. The zero-order chi connectivity index (χ0) is 19.1. The highest BCUT2D eigenvalue weighted by atomic mass is 19.1. The van der Waals surface area contributed by atoms with Crippen LogP contribution in [0.1, 0.15) is 48.0 Å². The third-order valence-electron chi connectivity index (χ3n) is 4.64. The fourth-order valence-corrected chi connectivity index (χ4v) is 3.09. The van der Waals surface area contributed by atoms with Crippen molar-refractivity contribution in [1.82, 2.24) is 5.43 Å². The lowest BCUT2D eigenvalue weighted by atomic mass is 9.88. The second-order valence-electron chi connectivity index (χ2n) is 6.65. The predicted molar refractivity (Wildman–Crippen MR) is 103 cm³/mol. The monoisotopic (exact) mass is 367 g/mol. The Hall–Kier alpha value is -3.02. The van der Waals surface area contributed by atoms with Gasteiger partial charge in [-0.1, -0.05) is 31.4 Å². The molecular weight excluding hydrogens is 345 g/mol. The molecule has 0 aromatic heterocycles. The minimum absolute atomic E-state index is 0.0517. The van der Waals surface area contributed by atoms with Crippen molar-refractivity contribution in [3.8, 4) is 0 Å². The van der Waals surface area contributed by atoms with Gasteiger partial charge in [-0.05, 0) is 54.8 Å². The highest BCUT2D eigenvalue weighted by Gasteiger charge is 2.21. The molecule has 3 rings (SSSR count). The van der Waals surface area contributed by atoms with Gasteiger partial charge in [0.25, 0.3) is 5.91 Å². The first-order valence-electron chi connectivity index (χ1n) is 9.12. The molecule has 0 atom stereocenters. The number of carbonyl (C=O) groups excluding carboxylic acids is 2. The summed E-state index contributed by atoms with van der Waals surface area (Å²) in [5, 5.41) is 6.78. The van der Waals surface area contributed by atoms with E-state index in [1.54, 1.807) is 36.4 Å². The minimum atomic E-state index is -0.362. The average Bonchev–Trinajstić information content (AvgIpc) is 2.70. The number of hydrogen-bond donors (Lipinski definition) is 2. The molecule has 1 aliphatic rings. The van der Waals surface area contributed by atoms with Gasteiger partial charge in [0.1, 0.15) is 5.82 Å². The zero-order valence-electron chi connectivity index (χ0n) is 15.0. The van der Waals surface area contributed by atoms with Gasteiger partial charge in [0, 0.05) is 17.2 Å². The smallest absolute Gasteiger partial charge is 0.271 e. The lowest BCUT2D eigenvalue weighted by molar-refractivity contribution is -0.120. The van der Waals surface area contributed by atoms with E-state index in [0.29, 0.717) is 16.8 Å². The lowest BCUT2D eigenvalue weighted by Crippen LogP contribution is -2.24. The van der Waals surface area contributed by atoms with Crippen LogP contribution in [0.2, 0.25) is 0 Å². The third-order valence-corrected chi connectivity index (χ3v) is 4.64. The van der Waals surface area contributed by atoms with Gasteiger partial charge in [-0.2, -0.15) is 5.10 Å². The van der Waals surface area contributed by atoms with E-state index in [4.69, 9.17) is 0 Å². The Bertz CT molecular complexity index is 810. The molecule has 2 N–H and O–H groups in total. The van der Waals surface area contributed by atoms with E-state index in [0.717, 1.165) is 25.7 Å². The molecule has 0 aliphatic heterocycles. The van der Waals surface area contributed by atoms with Crippen LogP contribution >= 0.6 is 0 Å². The van der Waals surface area contributed by atoms with E-state index in [-0.39, 0.29) is 23.5 Å². The molecule has 2 aromatic rings. The van der Waals surface area contributed by atoms with Crippen LogP contribution in [0.4, 0.5) is 10.1 Å². The summed E-state index contributed by atoms with van der Waals surface area (Å²) in [5.74, 6) is -0.552. The summed E-state index contributed by atoms with van der Waals surface area (Å²) in [4.78, 5) is 24.3. The number of hydrazone groups is 1. The van der Waals surface area contributed by atoms with E-state index in [2.05, 4.69) is 15.8 Å². The summed E-state index contributed by atoms with van der Waals surface area (Å²) >= 11 is 0. The van der Waals surface area contributed by atoms with Gasteiger partial charge >= 0.3 is 0 Å². The molecule has 0 unspecified atom stereocenters. The normalized spacial score (nSPS) is 14.9. The van der Waals surface area contributed by atoms with Crippen molar-refractivity contribution in [2.75, 3.05) is 5.32 Å². The Morgan fingerprint density at radius 3 is 2.30 bits per heavy atom. The average molecular weight is 367 g/mol. The third kappa shape index (κ3) is 5.48. The maximum Gasteiger partial charge on any atom is 0.271 e.